The molecule has 4 heteroatoms. The van der Waals surface area contributed by atoms with Gasteiger partial charge in [0.05, 0.1) is 10.4 Å². The number of carbonyl (C=O) groups is 2. The fourth-order valence-corrected chi connectivity index (χ4v) is 2.88. The van der Waals surface area contributed by atoms with Crippen molar-refractivity contribution in [3.8, 4) is 0 Å². The number of hydrogen-bond donors (Lipinski definition) is 1. The zero-order chi connectivity index (χ0) is 14.9. The third-order valence-corrected chi connectivity index (χ3v) is 4.48. The maximum atomic E-state index is 12.5. The maximum Gasteiger partial charge on any atom is 0.336 e. The van der Waals surface area contributed by atoms with Gasteiger partial charge in [0.25, 0.3) is 0 Å². The molecule has 20 heavy (non-hydrogen) atoms. The summed E-state index contributed by atoms with van der Waals surface area (Å²) < 4.78 is 0. The van der Waals surface area contributed by atoms with Gasteiger partial charge in [0.2, 0.25) is 5.78 Å². The van der Waals surface area contributed by atoms with E-state index >= 15 is 0 Å². The van der Waals surface area contributed by atoms with Crippen molar-refractivity contribution in [3.63, 3.8) is 0 Å². The summed E-state index contributed by atoms with van der Waals surface area (Å²) >= 11 is 1.42. The second kappa shape index (κ2) is 5.21. The molecule has 1 heterocycles. The summed E-state index contributed by atoms with van der Waals surface area (Å²) in [6.45, 7) is 6.24. The lowest BCUT2D eigenvalue weighted by Gasteiger charge is -2.15. The van der Waals surface area contributed by atoms with Gasteiger partial charge in [0.1, 0.15) is 0 Å². The monoisotopic (exact) mass is 288 g/mol. The Morgan fingerprint density at radius 2 is 1.60 bits per heavy atom. The van der Waals surface area contributed by atoms with Crippen LogP contribution in [0.3, 0.4) is 0 Å². The highest BCUT2D eigenvalue weighted by Crippen LogP contribution is 2.31. The van der Waals surface area contributed by atoms with E-state index < -0.39 is 5.97 Å². The van der Waals surface area contributed by atoms with Gasteiger partial charge in [-0.1, -0.05) is 39.0 Å². The van der Waals surface area contributed by atoms with Crippen LogP contribution in [0.2, 0.25) is 0 Å². The molecule has 0 aliphatic carbocycles. The maximum absolute atomic E-state index is 12.5. The molecule has 2 rings (SSSR count). The van der Waals surface area contributed by atoms with E-state index in [1.54, 1.807) is 24.3 Å². The largest absolute Gasteiger partial charge is 0.478 e. The predicted octanol–water partition coefficient (Wildman–Crippen LogP) is 3.97. The van der Waals surface area contributed by atoms with Crippen LogP contribution in [0.4, 0.5) is 0 Å². The molecular formula is C16H16O3S. The average Bonchev–Trinajstić information content (AvgIpc) is 2.87. The summed E-state index contributed by atoms with van der Waals surface area (Å²) in [7, 11) is 0. The van der Waals surface area contributed by atoms with Gasteiger partial charge < -0.3 is 5.11 Å². The first-order valence-corrected chi connectivity index (χ1v) is 7.09. The molecule has 1 aromatic carbocycles. The number of carbonyl (C=O) groups excluding carboxylic acids is 1. The molecule has 0 spiro atoms. The number of thiophene rings is 1. The van der Waals surface area contributed by atoms with Gasteiger partial charge >= 0.3 is 5.97 Å². The summed E-state index contributed by atoms with van der Waals surface area (Å²) in [6.07, 6.45) is 0. The van der Waals surface area contributed by atoms with Crippen molar-refractivity contribution < 1.29 is 14.7 Å². The SMILES string of the molecule is CC(C)(C)c1ccc(C(=O)c2ccccc2C(=O)O)s1. The van der Waals surface area contributed by atoms with Gasteiger partial charge in [-0.05, 0) is 23.6 Å². The van der Waals surface area contributed by atoms with Gasteiger partial charge in [0.15, 0.2) is 0 Å². The molecule has 0 radical (unpaired) electrons. The Morgan fingerprint density at radius 1 is 1.00 bits per heavy atom. The Bertz CT molecular complexity index is 662. The van der Waals surface area contributed by atoms with Crippen molar-refractivity contribution in [2.75, 3.05) is 0 Å². The smallest absolute Gasteiger partial charge is 0.336 e. The minimum atomic E-state index is -1.08. The summed E-state index contributed by atoms with van der Waals surface area (Å²) in [4.78, 5) is 25.3. The lowest BCUT2D eigenvalue weighted by atomic mass is 9.95. The van der Waals surface area contributed by atoms with E-state index in [-0.39, 0.29) is 22.3 Å². The number of aromatic carboxylic acids is 1. The zero-order valence-electron chi connectivity index (χ0n) is 11.6. The first-order valence-electron chi connectivity index (χ1n) is 6.28. The topological polar surface area (TPSA) is 54.4 Å². The summed E-state index contributed by atoms with van der Waals surface area (Å²) in [6, 6.07) is 10.0. The quantitative estimate of drug-likeness (QED) is 0.869. The van der Waals surface area contributed by atoms with E-state index in [4.69, 9.17) is 5.11 Å². The van der Waals surface area contributed by atoms with Crippen molar-refractivity contribution in [1.82, 2.24) is 0 Å². The number of hydrogen-bond acceptors (Lipinski definition) is 3. The van der Waals surface area contributed by atoms with Crippen LogP contribution in [0.15, 0.2) is 36.4 Å². The molecule has 0 aliphatic rings. The number of carboxylic acid groups (broad SMARTS) is 1. The molecule has 0 unspecified atom stereocenters. The second-order valence-electron chi connectivity index (χ2n) is 5.59. The third-order valence-electron chi connectivity index (χ3n) is 2.97. The molecule has 104 valence electrons. The van der Waals surface area contributed by atoms with Crippen LogP contribution < -0.4 is 0 Å². The van der Waals surface area contributed by atoms with E-state index in [1.165, 1.54) is 17.4 Å². The summed E-state index contributed by atoms with van der Waals surface area (Å²) in [5, 5.41) is 9.15. The lowest BCUT2D eigenvalue weighted by molar-refractivity contribution is 0.0693. The molecule has 0 bridgehead atoms. The average molecular weight is 288 g/mol. The molecule has 1 aromatic heterocycles. The molecule has 1 N–H and O–H groups in total. The lowest BCUT2D eigenvalue weighted by Crippen LogP contribution is -2.09. The standard InChI is InChI=1S/C16H16O3S/c1-16(2,3)13-9-8-12(20-13)14(17)10-6-4-5-7-11(10)15(18)19/h4-9H,1-3H3,(H,18,19). The van der Waals surface area contributed by atoms with Crippen molar-refractivity contribution in [3.05, 3.63) is 57.3 Å². The Balaban J connectivity index is 2.42. The Labute approximate surface area is 121 Å². The van der Waals surface area contributed by atoms with Crippen LogP contribution in [0.25, 0.3) is 0 Å². The van der Waals surface area contributed by atoms with E-state index in [0.29, 0.717) is 4.88 Å². The molecule has 0 atom stereocenters. The Kier molecular flexibility index (Phi) is 3.77. The minimum absolute atomic E-state index is 0.0183. The van der Waals surface area contributed by atoms with Crippen molar-refractivity contribution >= 4 is 23.1 Å². The number of ketones is 1. The summed E-state index contributed by atoms with van der Waals surface area (Å²) in [5.41, 5.74) is 0.265. The van der Waals surface area contributed by atoms with E-state index in [0.717, 1.165) is 4.88 Å². The van der Waals surface area contributed by atoms with E-state index in [9.17, 15) is 9.59 Å². The minimum Gasteiger partial charge on any atom is -0.478 e. The van der Waals surface area contributed by atoms with Crippen LogP contribution in [0.5, 0.6) is 0 Å². The number of rotatable bonds is 3. The van der Waals surface area contributed by atoms with Crippen LogP contribution in [-0.4, -0.2) is 16.9 Å². The highest BCUT2D eigenvalue weighted by atomic mass is 32.1. The molecule has 2 aromatic rings. The van der Waals surface area contributed by atoms with Crippen LogP contribution in [0, 0.1) is 0 Å². The molecule has 3 nitrogen and oxygen atoms in total. The van der Waals surface area contributed by atoms with Crippen LogP contribution in [-0.2, 0) is 5.41 Å². The fourth-order valence-electron chi connectivity index (χ4n) is 1.86. The molecule has 0 saturated heterocycles. The molecular weight excluding hydrogens is 272 g/mol. The first-order chi connectivity index (χ1) is 9.30. The van der Waals surface area contributed by atoms with E-state index in [1.807, 2.05) is 6.07 Å². The van der Waals surface area contributed by atoms with Crippen molar-refractivity contribution in [1.29, 1.82) is 0 Å². The van der Waals surface area contributed by atoms with Crippen LogP contribution >= 0.6 is 11.3 Å². The van der Waals surface area contributed by atoms with Gasteiger partial charge in [-0.15, -0.1) is 11.3 Å². The number of carboxylic acids is 1. The van der Waals surface area contributed by atoms with Crippen molar-refractivity contribution in [2.24, 2.45) is 0 Å². The fraction of sp³-hybridized carbons (Fsp3) is 0.250. The van der Waals surface area contributed by atoms with Crippen molar-refractivity contribution in [2.45, 2.75) is 26.2 Å². The normalized spacial score (nSPS) is 11.3. The second-order valence-corrected chi connectivity index (χ2v) is 6.68. The Morgan fingerprint density at radius 3 is 2.10 bits per heavy atom. The number of benzene rings is 1. The third kappa shape index (κ3) is 2.80. The highest BCUT2D eigenvalue weighted by molar-refractivity contribution is 7.14. The Hall–Kier alpha value is -1.94. The van der Waals surface area contributed by atoms with E-state index in [2.05, 4.69) is 20.8 Å². The molecule has 0 aliphatic heterocycles. The molecule has 0 fully saturated rings. The van der Waals surface area contributed by atoms with Gasteiger partial charge in [-0.25, -0.2) is 4.79 Å². The predicted molar refractivity (Wildman–Crippen MR) is 79.9 cm³/mol. The molecule has 0 saturated carbocycles. The summed E-state index contributed by atoms with van der Waals surface area (Å²) in [5.74, 6) is -1.31. The van der Waals surface area contributed by atoms with Crippen LogP contribution in [0.1, 0.15) is 51.2 Å². The highest BCUT2D eigenvalue weighted by Gasteiger charge is 2.22. The first kappa shape index (κ1) is 14.5. The molecule has 0 amide bonds. The zero-order valence-corrected chi connectivity index (χ0v) is 12.5. The van der Waals surface area contributed by atoms with Gasteiger partial charge in [-0.3, -0.25) is 4.79 Å². The van der Waals surface area contributed by atoms with Gasteiger partial charge in [-0.2, -0.15) is 0 Å². The van der Waals surface area contributed by atoms with Gasteiger partial charge in [0, 0.05) is 10.4 Å².